The van der Waals surface area contributed by atoms with Crippen LogP contribution in [-0.4, -0.2) is 36.2 Å². The number of benzene rings is 3. The lowest BCUT2D eigenvalue weighted by Gasteiger charge is -2.15. The van der Waals surface area contributed by atoms with Gasteiger partial charge in [0.05, 0.1) is 17.7 Å². The number of methoxy groups -OCH3 is 1. The minimum absolute atomic E-state index is 0.0747. The van der Waals surface area contributed by atoms with Crippen molar-refractivity contribution < 1.29 is 14.3 Å². The van der Waals surface area contributed by atoms with Crippen LogP contribution < -0.4 is 9.47 Å². The van der Waals surface area contributed by atoms with E-state index in [1.54, 1.807) is 18.1 Å². The summed E-state index contributed by atoms with van der Waals surface area (Å²) in [5, 5.41) is 0.664. The average molecular weight is 485 g/mol. The van der Waals surface area contributed by atoms with Crippen LogP contribution in [0.25, 0.3) is 6.08 Å². The Balaban J connectivity index is 1.68. The number of hydrogen-bond acceptors (Lipinski definition) is 5. The quantitative estimate of drug-likeness (QED) is 0.260. The van der Waals surface area contributed by atoms with Crippen molar-refractivity contribution in [3.63, 3.8) is 0 Å². The number of carbonyl (C=O) groups excluding carboxylic acids is 1. The smallest absolute Gasteiger partial charge is 0.266 e. The molecule has 1 amide bonds. The number of rotatable bonds is 9. The molecular weight excluding hydrogens is 456 g/mol. The Bertz CT molecular complexity index is 1250. The zero-order valence-corrected chi connectivity index (χ0v) is 20.8. The largest absolute Gasteiger partial charge is 0.493 e. The molecule has 0 radical (unpaired) electrons. The van der Waals surface area contributed by atoms with E-state index in [-0.39, 0.29) is 5.91 Å². The van der Waals surface area contributed by atoms with Crippen LogP contribution in [0.4, 0.5) is 5.69 Å². The van der Waals surface area contributed by atoms with Crippen molar-refractivity contribution in [1.29, 1.82) is 0 Å². The molecule has 1 saturated heterocycles. The van der Waals surface area contributed by atoms with E-state index in [1.807, 2.05) is 73.7 Å². The minimum Gasteiger partial charge on any atom is -0.493 e. The van der Waals surface area contributed by atoms with Gasteiger partial charge in [-0.3, -0.25) is 9.69 Å². The number of amides is 1. The third-order valence-corrected chi connectivity index (χ3v) is 6.48. The molecule has 0 atom stereocenters. The Hall–Kier alpha value is -3.77. The van der Waals surface area contributed by atoms with E-state index in [9.17, 15) is 4.79 Å². The first-order chi connectivity index (χ1) is 17.1. The van der Waals surface area contributed by atoms with Crippen LogP contribution in [0.1, 0.15) is 16.7 Å². The molecule has 0 N–H and O–H groups in total. The highest BCUT2D eigenvalue weighted by Gasteiger charge is 2.33. The second kappa shape index (κ2) is 11.6. The first-order valence-electron chi connectivity index (χ1n) is 11.4. The highest BCUT2D eigenvalue weighted by molar-refractivity contribution is 8.18. The lowest BCUT2D eigenvalue weighted by atomic mass is 10.1. The maximum atomic E-state index is 13.5. The molecule has 178 valence electrons. The molecule has 3 aromatic carbocycles. The number of thioether (sulfide) groups is 1. The summed E-state index contributed by atoms with van der Waals surface area (Å²) in [4.78, 5) is 20.7. The number of ether oxygens (including phenoxy) is 2. The van der Waals surface area contributed by atoms with E-state index in [4.69, 9.17) is 14.5 Å². The monoisotopic (exact) mass is 484 g/mol. The van der Waals surface area contributed by atoms with Gasteiger partial charge in [-0.2, -0.15) is 0 Å². The van der Waals surface area contributed by atoms with Crippen molar-refractivity contribution in [1.82, 2.24) is 4.90 Å². The van der Waals surface area contributed by atoms with Crippen LogP contribution >= 0.6 is 11.8 Å². The van der Waals surface area contributed by atoms with E-state index in [0.29, 0.717) is 34.7 Å². The van der Waals surface area contributed by atoms with Crippen molar-refractivity contribution in [2.45, 2.75) is 13.3 Å². The number of aryl methyl sites for hydroxylation is 1. The van der Waals surface area contributed by atoms with Crippen molar-refractivity contribution in [2.24, 2.45) is 4.99 Å². The Kier molecular flexibility index (Phi) is 8.06. The molecule has 1 heterocycles. The maximum Gasteiger partial charge on any atom is 0.266 e. The molecule has 0 unspecified atom stereocenters. The van der Waals surface area contributed by atoms with Gasteiger partial charge in [-0.25, -0.2) is 4.99 Å². The summed E-state index contributed by atoms with van der Waals surface area (Å²) >= 11 is 1.37. The van der Waals surface area contributed by atoms with Crippen LogP contribution in [0.15, 0.2) is 95.3 Å². The minimum atomic E-state index is -0.0747. The topological polar surface area (TPSA) is 51.1 Å². The third kappa shape index (κ3) is 6.03. The Morgan fingerprint density at radius 1 is 1.03 bits per heavy atom. The molecule has 1 aliphatic rings. The van der Waals surface area contributed by atoms with Crippen molar-refractivity contribution in [3.05, 3.63) is 107 Å². The molecule has 1 fully saturated rings. The van der Waals surface area contributed by atoms with Gasteiger partial charge in [0.25, 0.3) is 5.91 Å². The van der Waals surface area contributed by atoms with E-state index >= 15 is 0 Å². The molecule has 1 aliphatic heterocycles. The van der Waals surface area contributed by atoms with E-state index in [1.165, 1.54) is 17.3 Å². The van der Waals surface area contributed by atoms with Gasteiger partial charge in [0, 0.05) is 12.1 Å². The predicted molar refractivity (Wildman–Crippen MR) is 144 cm³/mol. The molecule has 0 aromatic heterocycles. The number of aliphatic imine (C=N–C) groups is 1. The predicted octanol–water partition coefficient (Wildman–Crippen LogP) is 6.42. The summed E-state index contributed by atoms with van der Waals surface area (Å²) in [5.74, 6) is 1.11. The van der Waals surface area contributed by atoms with Gasteiger partial charge in [-0.1, -0.05) is 72.8 Å². The number of para-hydroxylation sites is 1. The van der Waals surface area contributed by atoms with Gasteiger partial charge in [-0.05, 0) is 54.9 Å². The fourth-order valence-corrected chi connectivity index (χ4v) is 4.66. The van der Waals surface area contributed by atoms with Crippen molar-refractivity contribution >= 4 is 34.6 Å². The van der Waals surface area contributed by atoms with Gasteiger partial charge in [0.2, 0.25) is 0 Å². The third-order valence-electron chi connectivity index (χ3n) is 5.48. The van der Waals surface area contributed by atoms with Gasteiger partial charge in [0.15, 0.2) is 16.7 Å². The van der Waals surface area contributed by atoms with Crippen LogP contribution in [0.2, 0.25) is 0 Å². The number of amidine groups is 1. The molecule has 3 aromatic rings. The first-order valence-corrected chi connectivity index (χ1v) is 12.2. The molecule has 0 spiro atoms. The van der Waals surface area contributed by atoms with Gasteiger partial charge in [0.1, 0.15) is 6.61 Å². The summed E-state index contributed by atoms with van der Waals surface area (Å²) in [7, 11) is 1.60. The van der Waals surface area contributed by atoms with Crippen molar-refractivity contribution in [2.75, 3.05) is 20.3 Å². The number of carbonyl (C=O) groups is 1. The lowest BCUT2D eigenvalue weighted by molar-refractivity contribution is -0.122. The summed E-state index contributed by atoms with van der Waals surface area (Å²) in [6, 6.07) is 23.7. The summed E-state index contributed by atoms with van der Waals surface area (Å²) in [5.41, 5.74) is 3.91. The standard InChI is InChI=1S/C29H28N2O3S/c1-4-19-34-27-23(11-8-12-25(27)33-3)20-26-28(32)31(18-17-22-9-6-5-7-10-22)29(35-26)30-24-15-13-21(2)14-16-24/h4-16,20H,1,17-19H2,2-3H3/b26-20+,30-29?. The highest BCUT2D eigenvalue weighted by Crippen LogP contribution is 2.38. The SMILES string of the molecule is C=CCOc1c(/C=C2/SC(=Nc3ccc(C)cc3)N(CCc3ccccc3)C2=O)cccc1OC. The number of nitrogens with zero attached hydrogens (tertiary/aromatic N) is 2. The molecule has 6 heteroatoms. The normalized spacial score (nSPS) is 15.6. The number of hydrogen-bond donors (Lipinski definition) is 0. The molecule has 35 heavy (non-hydrogen) atoms. The average Bonchev–Trinajstić information content (AvgIpc) is 3.17. The van der Waals surface area contributed by atoms with Gasteiger partial charge < -0.3 is 9.47 Å². The van der Waals surface area contributed by atoms with Gasteiger partial charge >= 0.3 is 0 Å². The lowest BCUT2D eigenvalue weighted by Crippen LogP contribution is -2.31. The fourth-order valence-electron chi connectivity index (χ4n) is 3.65. The van der Waals surface area contributed by atoms with Crippen LogP contribution in [0.5, 0.6) is 11.5 Å². The first kappa shape index (κ1) is 24.4. The second-order valence-corrected chi connectivity index (χ2v) is 9.02. The fraction of sp³-hybridized carbons (Fsp3) is 0.172. The zero-order valence-electron chi connectivity index (χ0n) is 19.9. The van der Waals surface area contributed by atoms with Crippen LogP contribution in [0.3, 0.4) is 0 Å². The van der Waals surface area contributed by atoms with Gasteiger partial charge in [-0.15, -0.1) is 0 Å². The Morgan fingerprint density at radius 2 is 1.80 bits per heavy atom. The molecule has 0 aliphatic carbocycles. The summed E-state index contributed by atoms with van der Waals surface area (Å²) in [6.07, 6.45) is 4.26. The summed E-state index contributed by atoms with van der Waals surface area (Å²) in [6.45, 7) is 6.64. The van der Waals surface area contributed by atoms with Crippen LogP contribution in [-0.2, 0) is 11.2 Å². The molecule has 5 nitrogen and oxygen atoms in total. The highest BCUT2D eigenvalue weighted by atomic mass is 32.2. The Morgan fingerprint density at radius 3 is 2.51 bits per heavy atom. The Labute approximate surface area is 210 Å². The summed E-state index contributed by atoms with van der Waals surface area (Å²) < 4.78 is 11.3. The zero-order chi connectivity index (χ0) is 24.6. The van der Waals surface area contributed by atoms with E-state index < -0.39 is 0 Å². The maximum absolute atomic E-state index is 13.5. The van der Waals surface area contributed by atoms with E-state index in [0.717, 1.165) is 23.2 Å². The van der Waals surface area contributed by atoms with E-state index in [2.05, 4.69) is 18.7 Å². The molecule has 4 rings (SSSR count). The second-order valence-electron chi connectivity index (χ2n) is 8.01. The molecular formula is C29H28N2O3S. The molecule has 0 saturated carbocycles. The van der Waals surface area contributed by atoms with Crippen molar-refractivity contribution in [3.8, 4) is 11.5 Å². The van der Waals surface area contributed by atoms with Crippen LogP contribution in [0, 0.1) is 6.92 Å². The molecule has 0 bridgehead atoms.